The third-order valence-electron chi connectivity index (χ3n) is 5.37. The fourth-order valence-corrected chi connectivity index (χ4v) is 4.61. The molecule has 1 aromatic carbocycles. The number of allylic oxidation sites excluding steroid dienone is 2. The van der Waals surface area contributed by atoms with E-state index in [4.69, 9.17) is 0 Å². The Labute approximate surface area is 117 Å². The molecule has 2 bridgehead atoms. The maximum atomic E-state index is 13.8. The van der Waals surface area contributed by atoms with E-state index in [0.29, 0.717) is 0 Å². The molecule has 20 heavy (non-hydrogen) atoms. The zero-order chi connectivity index (χ0) is 13.3. The van der Waals surface area contributed by atoms with Crippen LogP contribution in [0.3, 0.4) is 0 Å². The third-order valence-corrected chi connectivity index (χ3v) is 5.37. The third kappa shape index (κ3) is 1.08. The van der Waals surface area contributed by atoms with Crippen LogP contribution in [-0.4, -0.2) is 4.98 Å². The molecule has 0 saturated heterocycles. The number of hydrogen-bond acceptors (Lipinski definition) is 1. The lowest BCUT2D eigenvalue weighted by Crippen LogP contribution is -2.28. The molecular formula is C18H14FN. The molecule has 3 aliphatic rings. The number of rotatable bonds is 0. The highest BCUT2D eigenvalue weighted by atomic mass is 19.1. The first-order chi connectivity index (χ1) is 9.79. The fourth-order valence-electron chi connectivity index (χ4n) is 4.61. The summed E-state index contributed by atoms with van der Waals surface area (Å²) in [5.74, 6) is -0.141. The Hall–Kier alpha value is -1.96. The number of halogens is 1. The summed E-state index contributed by atoms with van der Waals surface area (Å²) >= 11 is 0. The number of benzene rings is 1. The summed E-state index contributed by atoms with van der Waals surface area (Å²) in [5.41, 5.74) is 7.73. The molecule has 2 aromatic rings. The molecule has 0 unspecified atom stereocenters. The summed E-state index contributed by atoms with van der Waals surface area (Å²) in [7, 11) is 0. The van der Waals surface area contributed by atoms with Gasteiger partial charge in [-0.15, -0.1) is 0 Å². The van der Waals surface area contributed by atoms with Crippen LogP contribution in [0.25, 0.3) is 16.8 Å². The topological polar surface area (TPSA) is 12.9 Å². The van der Waals surface area contributed by atoms with Gasteiger partial charge in [0.25, 0.3) is 0 Å². The first-order valence-electron chi connectivity index (χ1n) is 7.28. The summed E-state index contributed by atoms with van der Waals surface area (Å²) in [6, 6.07) is 9.43. The van der Waals surface area contributed by atoms with E-state index in [1.54, 1.807) is 17.7 Å². The molecule has 1 nitrogen and oxygen atoms in total. The van der Waals surface area contributed by atoms with Crippen LogP contribution < -0.4 is 0 Å². The molecule has 0 aliphatic heterocycles. The minimum Gasteiger partial charge on any atom is -0.256 e. The molecule has 0 radical (unpaired) electrons. The number of hydrogen-bond donors (Lipinski definition) is 0. The van der Waals surface area contributed by atoms with Gasteiger partial charge in [0, 0.05) is 17.2 Å². The first kappa shape index (κ1) is 10.8. The number of aromatic nitrogens is 1. The predicted molar refractivity (Wildman–Crippen MR) is 76.7 cm³/mol. The second kappa shape index (κ2) is 3.38. The average Bonchev–Trinajstić information content (AvgIpc) is 3.04. The van der Waals surface area contributed by atoms with Crippen LogP contribution in [0, 0.1) is 5.82 Å². The van der Waals surface area contributed by atoms with Crippen molar-refractivity contribution in [3.05, 3.63) is 59.0 Å². The van der Waals surface area contributed by atoms with E-state index in [1.165, 1.54) is 36.8 Å². The molecular weight excluding hydrogens is 249 g/mol. The van der Waals surface area contributed by atoms with Gasteiger partial charge in [-0.1, -0.05) is 11.6 Å². The Morgan fingerprint density at radius 3 is 2.75 bits per heavy atom. The smallest absolute Gasteiger partial charge is 0.123 e. The Morgan fingerprint density at radius 1 is 1.05 bits per heavy atom. The Kier molecular flexibility index (Phi) is 1.82. The van der Waals surface area contributed by atoms with E-state index in [-0.39, 0.29) is 11.2 Å². The van der Waals surface area contributed by atoms with Gasteiger partial charge in [0.05, 0.1) is 5.69 Å². The van der Waals surface area contributed by atoms with E-state index in [9.17, 15) is 4.39 Å². The molecule has 0 amide bonds. The van der Waals surface area contributed by atoms with Crippen molar-refractivity contribution in [2.45, 2.75) is 31.1 Å². The lowest BCUT2D eigenvalue weighted by atomic mass is 9.66. The lowest BCUT2D eigenvalue weighted by molar-refractivity contribution is 0.470. The highest BCUT2D eigenvalue weighted by molar-refractivity contribution is 5.95. The second-order valence-electron chi connectivity index (χ2n) is 6.15. The normalized spacial score (nSPS) is 20.6. The van der Waals surface area contributed by atoms with Crippen molar-refractivity contribution in [2.75, 3.05) is 0 Å². The number of fused-ring (bicyclic) bond motifs is 3. The molecule has 0 atom stereocenters. The summed E-state index contributed by atoms with van der Waals surface area (Å²) in [5, 5.41) is 0. The zero-order valence-electron chi connectivity index (χ0n) is 11.1. The van der Waals surface area contributed by atoms with Crippen molar-refractivity contribution >= 4 is 5.57 Å². The van der Waals surface area contributed by atoms with Crippen molar-refractivity contribution in [1.82, 2.24) is 4.98 Å². The number of nitrogens with zero attached hydrogens (tertiary/aromatic N) is 1. The molecule has 0 saturated carbocycles. The van der Waals surface area contributed by atoms with Crippen molar-refractivity contribution in [3.8, 4) is 11.3 Å². The Bertz CT molecular complexity index is 778. The summed E-state index contributed by atoms with van der Waals surface area (Å²) in [6.45, 7) is 0. The van der Waals surface area contributed by atoms with Gasteiger partial charge in [0.1, 0.15) is 5.82 Å². The summed E-state index contributed by atoms with van der Waals surface area (Å²) < 4.78 is 13.8. The van der Waals surface area contributed by atoms with Crippen LogP contribution >= 0.6 is 0 Å². The van der Waals surface area contributed by atoms with Gasteiger partial charge in [-0.3, -0.25) is 4.98 Å². The largest absolute Gasteiger partial charge is 0.256 e. The van der Waals surface area contributed by atoms with Crippen LogP contribution in [0.15, 0.2) is 42.1 Å². The molecule has 98 valence electrons. The van der Waals surface area contributed by atoms with Gasteiger partial charge in [-0.25, -0.2) is 4.39 Å². The molecule has 0 N–H and O–H groups in total. The van der Waals surface area contributed by atoms with Crippen LogP contribution in [0.4, 0.5) is 4.39 Å². The van der Waals surface area contributed by atoms with E-state index >= 15 is 0 Å². The standard InChI is InChI=1S/C18H14FN/c19-12-3-4-13-14(10-12)16-11-5-7-18(16,8-6-11)15-2-1-9-20-17(13)15/h1-4,9-10H,5-8H2. The summed E-state index contributed by atoms with van der Waals surface area (Å²) in [6.07, 6.45) is 6.53. The van der Waals surface area contributed by atoms with Gasteiger partial charge >= 0.3 is 0 Å². The molecule has 1 heterocycles. The molecule has 0 fully saturated rings. The second-order valence-corrected chi connectivity index (χ2v) is 6.15. The number of pyridine rings is 1. The molecule has 3 aliphatic carbocycles. The Balaban J connectivity index is 1.96. The zero-order valence-corrected chi connectivity index (χ0v) is 11.1. The van der Waals surface area contributed by atoms with Crippen molar-refractivity contribution in [2.24, 2.45) is 0 Å². The van der Waals surface area contributed by atoms with E-state index in [2.05, 4.69) is 11.1 Å². The highest BCUT2D eigenvalue weighted by Crippen LogP contribution is 2.64. The van der Waals surface area contributed by atoms with Crippen molar-refractivity contribution < 1.29 is 4.39 Å². The SMILES string of the molecule is Fc1ccc2c(c1)C1=C3CCC1(CC3)c1cccnc1-2. The summed E-state index contributed by atoms with van der Waals surface area (Å²) in [4.78, 5) is 4.62. The quantitative estimate of drug-likeness (QED) is 0.683. The lowest BCUT2D eigenvalue weighted by Gasteiger charge is -2.37. The first-order valence-corrected chi connectivity index (χ1v) is 7.28. The molecule has 2 heteroatoms. The molecule has 5 rings (SSSR count). The van der Waals surface area contributed by atoms with E-state index in [0.717, 1.165) is 16.8 Å². The highest BCUT2D eigenvalue weighted by Gasteiger charge is 2.51. The van der Waals surface area contributed by atoms with Crippen molar-refractivity contribution in [1.29, 1.82) is 0 Å². The molecule has 1 aromatic heterocycles. The average molecular weight is 263 g/mol. The van der Waals surface area contributed by atoms with Crippen molar-refractivity contribution in [3.63, 3.8) is 0 Å². The minimum atomic E-state index is -0.141. The molecule has 0 spiro atoms. The maximum absolute atomic E-state index is 13.8. The van der Waals surface area contributed by atoms with Gasteiger partial charge in [0.2, 0.25) is 0 Å². The van der Waals surface area contributed by atoms with Crippen LogP contribution in [-0.2, 0) is 5.41 Å². The monoisotopic (exact) mass is 263 g/mol. The van der Waals surface area contributed by atoms with Crippen LogP contribution in [0.2, 0.25) is 0 Å². The van der Waals surface area contributed by atoms with E-state index < -0.39 is 0 Å². The van der Waals surface area contributed by atoms with Gasteiger partial charge in [-0.05, 0) is 66.6 Å². The van der Waals surface area contributed by atoms with Gasteiger partial charge in [-0.2, -0.15) is 0 Å². The van der Waals surface area contributed by atoms with Gasteiger partial charge in [0.15, 0.2) is 0 Å². The minimum absolute atomic E-state index is 0.125. The van der Waals surface area contributed by atoms with Crippen LogP contribution in [0.1, 0.15) is 36.8 Å². The van der Waals surface area contributed by atoms with Gasteiger partial charge < -0.3 is 0 Å². The maximum Gasteiger partial charge on any atom is 0.123 e. The predicted octanol–water partition coefficient (Wildman–Crippen LogP) is 4.48. The van der Waals surface area contributed by atoms with E-state index in [1.807, 2.05) is 18.3 Å². The van der Waals surface area contributed by atoms with Crippen LogP contribution in [0.5, 0.6) is 0 Å². The Morgan fingerprint density at radius 2 is 1.90 bits per heavy atom. The fraction of sp³-hybridized carbons (Fsp3) is 0.278.